The molecule has 1 nitrogen and oxygen atoms in total. The van der Waals surface area contributed by atoms with E-state index in [4.69, 9.17) is 0 Å². The maximum absolute atomic E-state index is 13.6. The second-order valence-electron chi connectivity index (χ2n) is 4.85. The van der Waals surface area contributed by atoms with Crippen molar-refractivity contribution < 1.29 is 4.39 Å². The molecule has 0 fully saturated rings. The summed E-state index contributed by atoms with van der Waals surface area (Å²) in [4.78, 5) is 0. The number of hydrogen-bond donors (Lipinski definition) is 1. The van der Waals surface area contributed by atoms with Crippen molar-refractivity contribution in [3.05, 3.63) is 35.6 Å². The van der Waals surface area contributed by atoms with E-state index in [9.17, 15) is 4.39 Å². The molecule has 2 heteroatoms. The van der Waals surface area contributed by atoms with Crippen molar-refractivity contribution in [2.45, 2.75) is 39.7 Å². The molecule has 0 spiro atoms. The van der Waals surface area contributed by atoms with Gasteiger partial charge in [0, 0.05) is 6.04 Å². The van der Waals surface area contributed by atoms with Gasteiger partial charge in [-0.1, -0.05) is 45.9 Å². The molecule has 16 heavy (non-hydrogen) atoms. The second kappa shape index (κ2) is 6.00. The van der Waals surface area contributed by atoms with E-state index in [2.05, 4.69) is 33.0 Å². The Morgan fingerprint density at radius 2 is 1.75 bits per heavy atom. The summed E-state index contributed by atoms with van der Waals surface area (Å²) in [7, 11) is 0. The lowest BCUT2D eigenvalue weighted by Gasteiger charge is -2.22. The van der Waals surface area contributed by atoms with E-state index in [0.29, 0.717) is 12.0 Å². The average Bonchev–Trinajstić information content (AvgIpc) is 2.25. The van der Waals surface area contributed by atoms with Gasteiger partial charge in [-0.2, -0.15) is 0 Å². The van der Waals surface area contributed by atoms with Crippen LogP contribution in [0, 0.1) is 11.7 Å². The molecule has 1 aromatic carbocycles. The normalized spacial score (nSPS) is 15.1. The number of benzene rings is 1. The molecule has 1 N–H and O–H groups in total. The predicted octanol–water partition coefficient (Wildman–Crippen LogP) is 3.56. The highest BCUT2D eigenvalue weighted by atomic mass is 19.1. The van der Waals surface area contributed by atoms with Gasteiger partial charge in [0.25, 0.3) is 0 Å². The van der Waals surface area contributed by atoms with Gasteiger partial charge in [-0.3, -0.25) is 0 Å². The first-order valence-electron chi connectivity index (χ1n) is 6.00. The van der Waals surface area contributed by atoms with Crippen LogP contribution in [-0.4, -0.2) is 12.6 Å². The maximum Gasteiger partial charge on any atom is 0.126 e. The number of rotatable bonds is 5. The van der Waals surface area contributed by atoms with E-state index in [1.807, 2.05) is 12.1 Å². The molecule has 0 aliphatic carbocycles. The van der Waals surface area contributed by atoms with Gasteiger partial charge in [-0.25, -0.2) is 4.39 Å². The molecule has 0 aliphatic rings. The Hall–Kier alpha value is -0.890. The summed E-state index contributed by atoms with van der Waals surface area (Å²) in [5, 5.41) is 3.39. The molecular formula is C14H22FN. The zero-order chi connectivity index (χ0) is 12.1. The van der Waals surface area contributed by atoms with Gasteiger partial charge in [0.05, 0.1) is 0 Å². The van der Waals surface area contributed by atoms with Crippen LogP contribution < -0.4 is 5.32 Å². The first kappa shape index (κ1) is 13.2. The van der Waals surface area contributed by atoms with Crippen LogP contribution in [0.1, 0.15) is 39.2 Å². The minimum absolute atomic E-state index is 0.0913. The summed E-state index contributed by atoms with van der Waals surface area (Å²) in [5.41, 5.74) is 0.820. The van der Waals surface area contributed by atoms with E-state index in [-0.39, 0.29) is 11.7 Å². The van der Waals surface area contributed by atoms with Crippen LogP contribution in [0.15, 0.2) is 24.3 Å². The quantitative estimate of drug-likeness (QED) is 0.804. The first-order chi connectivity index (χ1) is 7.52. The zero-order valence-electron chi connectivity index (χ0n) is 10.6. The Labute approximate surface area is 98.1 Å². The maximum atomic E-state index is 13.6. The summed E-state index contributed by atoms with van der Waals surface area (Å²) in [6, 6.07) is 7.54. The summed E-state index contributed by atoms with van der Waals surface area (Å²) in [5.74, 6) is 0.582. The second-order valence-corrected chi connectivity index (χ2v) is 4.85. The Morgan fingerprint density at radius 1 is 1.12 bits per heavy atom. The molecule has 0 heterocycles. The van der Waals surface area contributed by atoms with Crippen molar-refractivity contribution in [1.82, 2.24) is 5.32 Å². The summed E-state index contributed by atoms with van der Waals surface area (Å²) in [6.07, 6.45) is 0. The molecule has 90 valence electrons. The molecule has 0 saturated carbocycles. The van der Waals surface area contributed by atoms with E-state index >= 15 is 0 Å². The van der Waals surface area contributed by atoms with Gasteiger partial charge in [0.2, 0.25) is 0 Å². The lowest BCUT2D eigenvalue weighted by molar-refractivity contribution is 0.416. The molecule has 0 saturated heterocycles. The topological polar surface area (TPSA) is 12.0 Å². The first-order valence-corrected chi connectivity index (χ1v) is 6.00. The summed E-state index contributed by atoms with van der Waals surface area (Å²) in [6.45, 7) is 9.42. The fourth-order valence-electron chi connectivity index (χ4n) is 1.75. The number of halogens is 1. The molecule has 0 aromatic heterocycles. The molecular weight excluding hydrogens is 201 g/mol. The van der Waals surface area contributed by atoms with Crippen LogP contribution in [-0.2, 0) is 0 Å². The standard InChI is InChI=1S/C14H22FN/c1-10(2)16-9-11(3)12(4)13-7-5-6-8-14(13)15/h5-8,10-12,16H,9H2,1-4H3. The minimum Gasteiger partial charge on any atom is -0.314 e. The van der Waals surface area contributed by atoms with Gasteiger partial charge in [0.15, 0.2) is 0 Å². The average molecular weight is 223 g/mol. The van der Waals surface area contributed by atoms with Crippen LogP contribution in [0.5, 0.6) is 0 Å². The minimum atomic E-state index is -0.0913. The van der Waals surface area contributed by atoms with Gasteiger partial charge in [-0.05, 0) is 30.0 Å². The molecule has 0 amide bonds. The largest absolute Gasteiger partial charge is 0.314 e. The molecule has 1 aromatic rings. The van der Waals surface area contributed by atoms with Gasteiger partial charge < -0.3 is 5.32 Å². The lowest BCUT2D eigenvalue weighted by atomic mass is 9.88. The van der Waals surface area contributed by atoms with E-state index in [1.165, 1.54) is 6.07 Å². The van der Waals surface area contributed by atoms with E-state index in [1.54, 1.807) is 6.07 Å². The molecule has 2 unspecified atom stereocenters. The SMILES string of the molecule is CC(C)NCC(C)C(C)c1ccccc1F. The fraction of sp³-hybridized carbons (Fsp3) is 0.571. The van der Waals surface area contributed by atoms with Crippen LogP contribution in [0.3, 0.4) is 0 Å². The monoisotopic (exact) mass is 223 g/mol. The van der Waals surface area contributed by atoms with E-state index in [0.717, 1.165) is 12.1 Å². The zero-order valence-corrected chi connectivity index (χ0v) is 10.6. The Kier molecular flexibility index (Phi) is 4.94. The highest BCUT2D eigenvalue weighted by Gasteiger charge is 2.17. The molecule has 0 radical (unpaired) electrons. The predicted molar refractivity (Wildman–Crippen MR) is 67.1 cm³/mol. The van der Waals surface area contributed by atoms with Crippen molar-refractivity contribution in [3.8, 4) is 0 Å². The molecule has 2 atom stereocenters. The van der Waals surface area contributed by atoms with Gasteiger partial charge in [0.1, 0.15) is 5.82 Å². The third-order valence-electron chi connectivity index (χ3n) is 3.10. The smallest absolute Gasteiger partial charge is 0.126 e. The van der Waals surface area contributed by atoms with Crippen LogP contribution in [0.4, 0.5) is 4.39 Å². The van der Waals surface area contributed by atoms with Crippen molar-refractivity contribution >= 4 is 0 Å². The Balaban J connectivity index is 2.63. The van der Waals surface area contributed by atoms with Gasteiger partial charge in [-0.15, -0.1) is 0 Å². The lowest BCUT2D eigenvalue weighted by Crippen LogP contribution is -2.30. The van der Waals surface area contributed by atoms with Gasteiger partial charge >= 0.3 is 0 Å². The Bertz CT molecular complexity index is 322. The fourth-order valence-corrected chi connectivity index (χ4v) is 1.75. The van der Waals surface area contributed by atoms with Crippen molar-refractivity contribution in [1.29, 1.82) is 0 Å². The highest BCUT2D eigenvalue weighted by molar-refractivity contribution is 5.21. The Morgan fingerprint density at radius 3 is 2.31 bits per heavy atom. The molecule has 0 bridgehead atoms. The molecule has 1 rings (SSSR count). The third kappa shape index (κ3) is 3.60. The summed E-state index contributed by atoms with van der Waals surface area (Å²) < 4.78 is 13.6. The van der Waals surface area contributed by atoms with E-state index < -0.39 is 0 Å². The number of hydrogen-bond acceptors (Lipinski definition) is 1. The van der Waals surface area contributed by atoms with Crippen LogP contribution in [0.2, 0.25) is 0 Å². The summed E-state index contributed by atoms with van der Waals surface area (Å²) >= 11 is 0. The third-order valence-corrected chi connectivity index (χ3v) is 3.10. The highest BCUT2D eigenvalue weighted by Crippen LogP contribution is 2.25. The van der Waals surface area contributed by atoms with Crippen LogP contribution >= 0.6 is 0 Å². The van der Waals surface area contributed by atoms with Crippen molar-refractivity contribution in [3.63, 3.8) is 0 Å². The van der Waals surface area contributed by atoms with Crippen molar-refractivity contribution in [2.75, 3.05) is 6.54 Å². The molecule has 0 aliphatic heterocycles. The number of nitrogens with one attached hydrogen (secondary N) is 1. The van der Waals surface area contributed by atoms with Crippen LogP contribution in [0.25, 0.3) is 0 Å². The van der Waals surface area contributed by atoms with Crippen molar-refractivity contribution in [2.24, 2.45) is 5.92 Å².